The molecule has 1 aliphatic heterocycles. The third kappa shape index (κ3) is 4.48. The van der Waals surface area contributed by atoms with Crippen LogP contribution in [-0.4, -0.2) is 53.5 Å². The highest BCUT2D eigenvalue weighted by Crippen LogP contribution is 2.23. The first-order valence-corrected chi connectivity index (χ1v) is 10.2. The molecule has 0 fully saturated rings. The zero-order valence-corrected chi connectivity index (χ0v) is 15.3. The fraction of sp³-hybridized carbons (Fsp3) is 0.412. The summed E-state index contributed by atoms with van der Waals surface area (Å²) < 4.78 is 26.3. The Morgan fingerprint density at radius 3 is 2.73 bits per heavy atom. The number of hydrogen-bond donors (Lipinski definition) is 2. The number of sulfonamides is 1. The number of aliphatic hydroxyl groups excluding tert-OH is 1. The lowest BCUT2D eigenvalue weighted by atomic mass is 10.1. The molecule has 8 nitrogen and oxygen atoms in total. The second kappa shape index (κ2) is 7.56. The van der Waals surface area contributed by atoms with Crippen LogP contribution in [0.4, 0.5) is 0 Å². The van der Waals surface area contributed by atoms with Crippen LogP contribution in [0.1, 0.15) is 29.5 Å². The monoisotopic (exact) mass is 378 g/mol. The van der Waals surface area contributed by atoms with E-state index in [1.54, 1.807) is 9.58 Å². The van der Waals surface area contributed by atoms with Crippen molar-refractivity contribution in [1.82, 2.24) is 19.4 Å². The van der Waals surface area contributed by atoms with E-state index in [9.17, 15) is 18.3 Å². The van der Waals surface area contributed by atoms with Crippen molar-refractivity contribution in [3.63, 3.8) is 0 Å². The van der Waals surface area contributed by atoms with Crippen molar-refractivity contribution in [3.05, 3.63) is 53.3 Å². The van der Waals surface area contributed by atoms with E-state index in [0.717, 1.165) is 17.5 Å². The zero-order chi connectivity index (χ0) is 18.7. The number of carbonyl (C=O) groups is 1. The minimum absolute atomic E-state index is 0.0887. The summed E-state index contributed by atoms with van der Waals surface area (Å²) in [5.74, 6) is -0.112. The molecule has 3 rings (SSSR count). The van der Waals surface area contributed by atoms with Crippen LogP contribution >= 0.6 is 0 Å². The maximum absolute atomic E-state index is 12.3. The summed E-state index contributed by atoms with van der Waals surface area (Å²) in [6.45, 7) is 1.53. The van der Waals surface area contributed by atoms with Gasteiger partial charge in [-0.25, -0.2) is 13.1 Å². The Hall–Kier alpha value is -2.23. The van der Waals surface area contributed by atoms with Gasteiger partial charge in [-0.3, -0.25) is 9.48 Å². The molecule has 2 heterocycles. The maximum atomic E-state index is 12.3. The first-order chi connectivity index (χ1) is 12.3. The molecule has 1 amide bonds. The molecule has 0 radical (unpaired) electrons. The molecule has 0 aliphatic carbocycles. The van der Waals surface area contributed by atoms with Crippen molar-refractivity contribution in [2.24, 2.45) is 0 Å². The molecular weight excluding hydrogens is 356 g/mol. The van der Waals surface area contributed by atoms with Gasteiger partial charge in [0.15, 0.2) is 0 Å². The molecule has 1 aliphatic rings. The summed E-state index contributed by atoms with van der Waals surface area (Å²) in [5, 5.41) is 14.9. The molecule has 1 atom stereocenters. The van der Waals surface area contributed by atoms with Gasteiger partial charge in [0, 0.05) is 19.5 Å². The van der Waals surface area contributed by atoms with Crippen molar-refractivity contribution in [1.29, 1.82) is 0 Å². The van der Waals surface area contributed by atoms with Crippen LogP contribution in [0.15, 0.2) is 36.4 Å². The maximum Gasteiger partial charge on any atom is 0.224 e. The number of benzene rings is 1. The molecule has 0 saturated heterocycles. The molecule has 140 valence electrons. The van der Waals surface area contributed by atoms with Crippen LogP contribution in [-0.2, 0) is 27.9 Å². The van der Waals surface area contributed by atoms with E-state index in [1.165, 1.54) is 0 Å². The van der Waals surface area contributed by atoms with Gasteiger partial charge in [0.05, 0.1) is 30.7 Å². The predicted molar refractivity (Wildman–Crippen MR) is 95.6 cm³/mol. The lowest BCUT2D eigenvalue weighted by Crippen LogP contribution is -2.39. The summed E-state index contributed by atoms with van der Waals surface area (Å²) in [6, 6.07) is 11.1. The van der Waals surface area contributed by atoms with Gasteiger partial charge in [-0.15, -0.1) is 0 Å². The average molecular weight is 378 g/mol. The second-order valence-electron chi connectivity index (χ2n) is 6.33. The highest BCUT2D eigenvalue weighted by molar-refractivity contribution is 7.88. The number of fused-ring (bicyclic) bond motifs is 1. The van der Waals surface area contributed by atoms with Crippen molar-refractivity contribution < 1.29 is 18.3 Å². The van der Waals surface area contributed by atoms with E-state index in [-0.39, 0.29) is 18.9 Å². The van der Waals surface area contributed by atoms with Gasteiger partial charge < -0.3 is 10.0 Å². The van der Waals surface area contributed by atoms with Gasteiger partial charge in [-0.1, -0.05) is 30.3 Å². The Balaban J connectivity index is 1.64. The molecule has 2 aromatic rings. The number of carbonyl (C=O) groups excluding carboxylic acids is 1. The summed E-state index contributed by atoms with van der Waals surface area (Å²) in [6.07, 6.45) is 0.370. The van der Waals surface area contributed by atoms with E-state index in [0.29, 0.717) is 25.3 Å². The minimum atomic E-state index is -3.29. The Morgan fingerprint density at radius 1 is 1.31 bits per heavy atom. The summed E-state index contributed by atoms with van der Waals surface area (Å²) in [5.41, 5.74) is 2.17. The predicted octanol–water partition coefficient (Wildman–Crippen LogP) is 0.246. The highest BCUT2D eigenvalue weighted by Gasteiger charge is 2.24. The molecule has 1 aromatic carbocycles. The van der Waals surface area contributed by atoms with Gasteiger partial charge in [0.25, 0.3) is 0 Å². The minimum Gasteiger partial charge on any atom is -0.382 e. The number of aromatic nitrogens is 2. The number of amides is 1. The second-order valence-corrected chi connectivity index (χ2v) is 8.16. The first-order valence-electron chi connectivity index (χ1n) is 8.35. The molecule has 0 spiro atoms. The van der Waals surface area contributed by atoms with Crippen LogP contribution in [0, 0.1) is 0 Å². The third-order valence-corrected chi connectivity index (χ3v) is 5.00. The van der Waals surface area contributed by atoms with Crippen molar-refractivity contribution in [3.8, 4) is 0 Å². The fourth-order valence-electron chi connectivity index (χ4n) is 2.94. The average Bonchev–Trinajstić information content (AvgIpc) is 3.03. The quantitative estimate of drug-likeness (QED) is 0.750. The molecule has 26 heavy (non-hydrogen) atoms. The van der Waals surface area contributed by atoms with Gasteiger partial charge in [0.2, 0.25) is 15.9 Å². The Kier molecular flexibility index (Phi) is 5.40. The van der Waals surface area contributed by atoms with Crippen LogP contribution < -0.4 is 4.72 Å². The molecule has 0 unspecified atom stereocenters. The highest BCUT2D eigenvalue weighted by atomic mass is 32.2. The summed E-state index contributed by atoms with van der Waals surface area (Å²) in [4.78, 5) is 13.9. The van der Waals surface area contributed by atoms with Crippen molar-refractivity contribution in [2.75, 3.05) is 19.3 Å². The van der Waals surface area contributed by atoms with E-state index >= 15 is 0 Å². The van der Waals surface area contributed by atoms with E-state index in [1.807, 2.05) is 36.4 Å². The van der Waals surface area contributed by atoms with Crippen molar-refractivity contribution >= 4 is 15.9 Å². The first kappa shape index (κ1) is 18.6. The summed E-state index contributed by atoms with van der Waals surface area (Å²) >= 11 is 0. The van der Waals surface area contributed by atoms with Crippen LogP contribution in [0.3, 0.4) is 0 Å². The Morgan fingerprint density at radius 2 is 2.04 bits per heavy atom. The normalized spacial score (nSPS) is 15.5. The Labute approximate surface area is 152 Å². The largest absolute Gasteiger partial charge is 0.382 e. The zero-order valence-electron chi connectivity index (χ0n) is 14.5. The number of aliphatic hydroxyl groups is 1. The molecule has 2 N–H and O–H groups in total. The molecular formula is C17H22N4O4S. The molecule has 0 bridgehead atoms. The van der Waals surface area contributed by atoms with Crippen LogP contribution in [0.25, 0.3) is 0 Å². The lowest BCUT2D eigenvalue weighted by Gasteiger charge is -2.27. The van der Waals surface area contributed by atoms with Crippen LogP contribution in [0.2, 0.25) is 0 Å². The van der Waals surface area contributed by atoms with Crippen molar-refractivity contribution in [2.45, 2.75) is 25.6 Å². The van der Waals surface area contributed by atoms with Gasteiger partial charge >= 0.3 is 0 Å². The van der Waals surface area contributed by atoms with E-state index < -0.39 is 16.1 Å². The fourth-order valence-corrected chi connectivity index (χ4v) is 3.42. The smallest absolute Gasteiger partial charge is 0.224 e. The SMILES string of the molecule is CS(=O)(=O)NCCC(=O)N1CCn2nc([C@H](O)c3ccccc3)cc2C1. The third-order valence-electron chi connectivity index (χ3n) is 4.27. The molecule has 9 heteroatoms. The molecule has 1 aromatic heterocycles. The lowest BCUT2D eigenvalue weighted by molar-refractivity contribution is -0.132. The number of nitrogens with zero attached hydrogens (tertiary/aromatic N) is 3. The van der Waals surface area contributed by atoms with Gasteiger partial charge in [0.1, 0.15) is 6.10 Å². The standard InChI is InChI=1S/C17H22N4O4S/c1-26(24,25)18-8-7-16(22)20-9-10-21-14(12-20)11-15(19-21)17(23)13-5-3-2-4-6-13/h2-6,11,17-18,23H,7-10,12H2,1H3/t17-/m1/s1. The van der Waals surface area contributed by atoms with Gasteiger partial charge in [-0.05, 0) is 11.6 Å². The molecule has 0 saturated carbocycles. The number of nitrogens with one attached hydrogen (secondary N) is 1. The summed E-state index contributed by atoms with van der Waals surface area (Å²) in [7, 11) is -3.29. The van der Waals surface area contributed by atoms with E-state index in [4.69, 9.17) is 0 Å². The number of rotatable bonds is 6. The topological polar surface area (TPSA) is 105 Å². The van der Waals surface area contributed by atoms with Crippen LogP contribution in [0.5, 0.6) is 0 Å². The number of hydrogen-bond acceptors (Lipinski definition) is 5. The van der Waals surface area contributed by atoms with Gasteiger partial charge in [-0.2, -0.15) is 5.10 Å². The van der Waals surface area contributed by atoms with E-state index in [2.05, 4.69) is 9.82 Å². The Bertz CT molecular complexity index is 879.